The molecule has 10 heteroatoms. The van der Waals surface area contributed by atoms with E-state index in [1.54, 1.807) is 12.1 Å². The van der Waals surface area contributed by atoms with Crippen molar-refractivity contribution in [3.63, 3.8) is 0 Å². The van der Waals surface area contributed by atoms with Gasteiger partial charge in [-0.3, -0.25) is 5.32 Å². The maximum absolute atomic E-state index is 12.3. The maximum atomic E-state index is 12.3. The summed E-state index contributed by atoms with van der Waals surface area (Å²) in [5, 5.41) is 11.9. The first-order valence-electron chi connectivity index (χ1n) is 12.7. The van der Waals surface area contributed by atoms with Gasteiger partial charge < -0.3 is 19.7 Å². The van der Waals surface area contributed by atoms with E-state index >= 15 is 0 Å². The molecule has 0 atom stereocenters. The van der Waals surface area contributed by atoms with Gasteiger partial charge in [0.2, 0.25) is 0 Å². The second kappa shape index (κ2) is 10.5. The average molecular weight is 500 g/mol. The van der Waals surface area contributed by atoms with Gasteiger partial charge in [0.1, 0.15) is 11.6 Å². The number of nitrogens with one attached hydrogen (secondary N) is 2. The third-order valence-corrected chi connectivity index (χ3v) is 6.74. The lowest BCUT2D eigenvalue weighted by Crippen LogP contribution is -2.37. The third-order valence-electron chi connectivity index (χ3n) is 6.74. The van der Waals surface area contributed by atoms with Gasteiger partial charge in [-0.25, -0.2) is 19.4 Å². The summed E-state index contributed by atoms with van der Waals surface area (Å²) in [7, 11) is 0. The molecule has 10 nitrogen and oxygen atoms in total. The van der Waals surface area contributed by atoms with Crippen LogP contribution in [0.5, 0.6) is 5.75 Å². The zero-order valence-electron chi connectivity index (χ0n) is 20.5. The largest absolute Gasteiger partial charge is 0.417 e. The summed E-state index contributed by atoms with van der Waals surface area (Å²) >= 11 is 0. The molecule has 2 aromatic carbocycles. The summed E-state index contributed by atoms with van der Waals surface area (Å²) in [5.74, 6) is 2.00. The molecule has 2 aromatic heterocycles. The van der Waals surface area contributed by atoms with Crippen molar-refractivity contribution in [1.29, 1.82) is 0 Å². The molecule has 2 fully saturated rings. The number of aromatic nitrogens is 4. The first kappa shape index (κ1) is 23.4. The van der Waals surface area contributed by atoms with Crippen LogP contribution in [0.2, 0.25) is 0 Å². The standard InChI is InChI=1S/C27H29N7O3/c35-27(37-22-4-2-1-3-5-22)30-20-8-6-19(7-9-20)24-31-25(33-14-16-36-17-15-33)23-18-29-34(26(23)32-24)21-10-12-28-13-11-21/h1-9,18,21,28H,10-17H2,(H,30,35). The Labute approximate surface area is 214 Å². The smallest absolute Gasteiger partial charge is 0.410 e. The number of benzene rings is 2. The molecule has 0 saturated carbocycles. The maximum Gasteiger partial charge on any atom is 0.417 e. The SMILES string of the molecule is O=C(Nc1ccc(-c2nc(N3CCOCC3)c3cnn(C4CCNCC4)c3n2)cc1)Oc1ccccc1. The summed E-state index contributed by atoms with van der Waals surface area (Å²) in [6.07, 6.45) is 3.39. The number of piperidine rings is 1. The second-order valence-electron chi connectivity index (χ2n) is 9.18. The summed E-state index contributed by atoms with van der Waals surface area (Å²) < 4.78 is 13.0. The molecule has 0 radical (unpaired) electrons. The molecule has 190 valence electrons. The van der Waals surface area contributed by atoms with Gasteiger partial charge in [0.15, 0.2) is 11.5 Å². The topological polar surface area (TPSA) is 106 Å². The van der Waals surface area contributed by atoms with Crippen molar-refractivity contribution >= 4 is 28.6 Å². The molecule has 0 aliphatic carbocycles. The van der Waals surface area contributed by atoms with Crippen molar-refractivity contribution in [1.82, 2.24) is 25.1 Å². The Balaban J connectivity index is 1.30. The molecular weight excluding hydrogens is 470 g/mol. The first-order chi connectivity index (χ1) is 18.2. The van der Waals surface area contributed by atoms with Gasteiger partial charge in [0.25, 0.3) is 0 Å². The molecule has 2 N–H and O–H groups in total. The van der Waals surface area contributed by atoms with Crippen LogP contribution in [0.1, 0.15) is 18.9 Å². The molecule has 0 bridgehead atoms. The Morgan fingerprint density at radius 2 is 1.76 bits per heavy atom. The fourth-order valence-electron chi connectivity index (χ4n) is 4.82. The van der Waals surface area contributed by atoms with Crippen molar-refractivity contribution in [3.05, 3.63) is 60.8 Å². The molecule has 4 aromatic rings. The molecular formula is C27H29N7O3. The number of fused-ring (bicyclic) bond motifs is 1. The lowest BCUT2D eigenvalue weighted by atomic mass is 10.1. The van der Waals surface area contributed by atoms with E-state index in [9.17, 15) is 4.79 Å². The van der Waals surface area contributed by atoms with Gasteiger partial charge in [-0.2, -0.15) is 5.10 Å². The quantitative estimate of drug-likeness (QED) is 0.426. The van der Waals surface area contributed by atoms with Crippen molar-refractivity contribution in [2.75, 3.05) is 49.6 Å². The summed E-state index contributed by atoms with van der Waals surface area (Å²) in [4.78, 5) is 24.5. The van der Waals surface area contributed by atoms with Crippen LogP contribution < -0.4 is 20.3 Å². The van der Waals surface area contributed by atoms with Crippen LogP contribution in [0.3, 0.4) is 0 Å². The zero-order chi connectivity index (χ0) is 25.0. The lowest BCUT2D eigenvalue weighted by molar-refractivity contribution is 0.122. The normalized spacial score (nSPS) is 16.6. The van der Waals surface area contributed by atoms with Crippen LogP contribution in [0.15, 0.2) is 60.8 Å². The molecule has 2 aliphatic rings. The fraction of sp³-hybridized carbons (Fsp3) is 0.333. The average Bonchev–Trinajstić information content (AvgIpc) is 3.38. The predicted molar refractivity (Wildman–Crippen MR) is 141 cm³/mol. The number of nitrogens with zero attached hydrogens (tertiary/aromatic N) is 5. The van der Waals surface area contributed by atoms with E-state index in [1.807, 2.05) is 48.7 Å². The van der Waals surface area contributed by atoms with Crippen LogP contribution in [0.4, 0.5) is 16.3 Å². The number of morpholine rings is 1. The highest BCUT2D eigenvalue weighted by atomic mass is 16.6. The zero-order valence-corrected chi connectivity index (χ0v) is 20.5. The Bertz CT molecular complexity index is 1360. The lowest BCUT2D eigenvalue weighted by Gasteiger charge is -2.28. The minimum atomic E-state index is -0.544. The van der Waals surface area contributed by atoms with Gasteiger partial charge in [-0.05, 0) is 62.3 Å². The van der Waals surface area contributed by atoms with Crippen LogP contribution in [-0.2, 0) is 4.74 Å². The van der Waals surface area contributed by atoms with Crippen molar-refractivity contribution in [2.24, 2.45) is 0 Å². The van der Waals surface area contributed by atoms with Crippen molar-refractivity contribution < 1.29 is 14.3 Å². The van der Waals surface area contributed by atoms with E-state index < -0.39 is 6.09 Å². The minimum Gasteiger partial charge on any atom is -0.410 e. The van der Waals surface area contributed by atoms with E-state index in [2.05, 4.69) is 20.2 Å². The third kappa shape index (κ3) is 5.11. The molecule has 2 saturated heterocycles. The highest BCUT2D eigenvalue weighted by Gasteiger charge is 2.24. The number of ether oxygens (including phenoxy) is 2. The number of amides is 1. The van der Waals surface area contributed by atoms with Crippen LogP contribution >= 0.6 is 0 Å². The van der Waals surface area contributed by atoms with E-state index in [-0.39, 0.29) is 0 Å². The van der Waals surface area contributed by atoms with Gasteiger partial charge in [0, 0.05) is 24.3 Å². The Kier molecular flexibility index (Phi) is 6.66. The Morgan fingerprint density at radius 3 is 2.51 bits per heavy atom. The number of carbonyl (C=O) groups excluding carboxylic acids is 1. The summed E-state index contributed by atoms with van der Waals surface area (Å²) in [6, 6.07) is 16.7. The van der Waals surface area contributed by atoms with E-state index in [0.29, 0.717) is 36.5 Å². The predicted octanol–water partition coefficient (Wildman–Crippen LogP) is 3.87. The molecule has 4 heterocycles. The highest BCUT2D eigenvalue weighted by Crippen LogP contribution is 2.31. The summed E-state index contributed by atoms with van der Waals surface area (Å²) in [6.45, 7) is 4.83. The van der Waals surface area contributed by atoms with Crippen LogP contribution in [-0.4, -0.2) is 65.2 Å². The molecule has 1 amide bonds. The van der Waals surface area contributed by atoms with Gasteiger partial charge in [0.05, 0.1) is 30.8 Å². The molecule has 0 unspecified atom stereocenters. The molecule has 37 heavy (non-hydrogen) atoms. The number of hydrogen-bond donors (Lipinski definition) is 2. The van der Waals surface area contributed by atoms with Crippen LogP contribution in [0, 0.1) is 0 Å². The van der Waals surface area contributed by atoms with Gasteiger partial charge in [-0.15, -0.1) is 0 Å². The van der Waals surface area contributed by atoms with Crippen molar-refractivity contribution in [3.8, 4) is 17.1 Å². The van der Waals surface area contributed by atoms with Gasteiger partial charge >= 0.3 is 6.09 Å². The molecule has 6 rings (SSSR count). The first-order valence-corrected chi connectivity index (χ1v) is 12.7. The van der Waals surface area contributed by atoms with E-state index in [1.165, 1.54) is 0 Å². The van der Waals surface area contributed by atoms with Crippen molar-refractivity contribution in [2.45, 2.75) is 18.9 Å². The second-order valence-corrected chi connectivity index (χ2v) is 9.18. The van der Waals surface area contributed by atoms with Crippen LogP contribution in [0.25, 0.3) is 22.4 Å². The fourth-order valence-corrected chi connectivity index (χ4v) is 4.82. The number of anilines is 2. The Morgan fingerprint density at radius 1 is 1.00 bits per heavy atom. The number of para-hydroxylation sites is 1. The number of carbonyl (C=O) groups is 1. The van der Waals surface area contributed by atoms with E-state index in [0.717, 1.165) is 61.4 Å². The summed E-state index contributed by atoms with van der Waals surface area (Å²) in [5.41, 5.74) is 2.34. The highest BCUT2D eigenvalue weighted by molar-refractivity contribution is 5.89. The molecule has 0 spiro atoms. The molecule has 2 aliphatic heterocycles. The number of hydrogen-bond acceptors (Lipinski definition) is 8. The number of rotatable bonds is 5. The van der Waals surface area contributed by atoms with E-state index in [4.69, 9.17) is 24.5 Å². The monoisotopic (exact) mass is 499 g/mol. The van der Waals surface area contributed by atoms with Gasteiger partial charge in [-0.1, -0.05) is 18.2 Å². The Hall–Kier alpha value is -4.02. The minimum absolute atomic E-state index is 0.307.